The van der Waals surface area contributed by atoms with Crippen molar-refractivity contribution in [3.63, 3.8) is 0 Å². The van der Waals surface area contributed by atoms with Gasteiger partial charge in [-0.05, 0) is 24.1 Å². The Bertz CT molecular complexity index is 617. The Labute approximate surface area is 149 Å². The average Bonchev–Trinajstić information content (AvgIpc) is 2.95. The van der Waals surface area contributed by atoms with Crippen molar-refractivity contribution >= 4 is 5.91 Å². The molecule has 0 radical (unpaired) electrons. The van der Waals surface area contributed by atoms with Gasteiger partial charge >= 0.3 is 0 Å². The molecule has 25 heavy (non-hydrogen) atoms. The van der Waals surface area contributed by atoms with Gasteiger partial charge in [-0.15, -0.1) is 0 Å². The van der Waals surface area contributed by atoms with E-state index in [1.807, 2.05) is 4.90 Å². The van der Waals surface area contributed by atoms with Gasteiger partial charge in [0.1, 0.15) is 11.6 Å². The lowest BCUT2D eigenvalue weighted by Crippen LogP contribution is -2.53. The minimum absolute atomic E-state index is 0.166. The third-order valence-electron chi connectivity index (χ3n) is 5.51. The number of carbonyl (C=O) groups is 1. The van der Waals surface area contributed by atoms with Crippen molar-refractivity contribution in [3.05, 3.63) is 29.6 Å². The van der Waals surface area contributed by atoms with Crippen molar-refractivity contribution in [2.45, 2.75) is 26.4 Å². The van der Waals surface area contributed by atoms with Gasteiger partial charge in [-0.3, -0.25) is 14.6 Å². The first-order valence-corrected chi connectivity index (χ1v) is 9.02. The van der Waals surface area contributed by atoms with Gasteiger partial charge in [-0.2, -0.15) is 0 Å². The van der Waals surface area contributed by atoms with Crippen LogP contribution in [0.25, 0.3) is 0 Å². The summed E-state index contributed by atoms with van der Waals surface area (Å²) in [6.45, 7) is 10.1. The molecule has 0 aromatic heterocycles. The van der Waals surface area contributed by atoms with Crippen LogP contribution in [-0.4, -0.2) is 73.0 Å². The minimum Gasteiger partial charge on any atom is -0.496 e. The third-order valence-corrected chi connectivity index (χ3v) is 5.51. The van der Waals surface area contributed by atoms with Crippen LogP contribution in [0, 0.1) is 11.7 Å². The van der Waals surface area contributed by atoms with Crippen molar-refractivity contribution in [3.8, 4) is 5.75 Å². The molecule has 2 aliphatic heterocycles. The summed E-state index contributed by atoms with van der Waals surface area (Å²) in [5, 5.41) is 0. The van der Waals surface area contributed by atoms with Crippen molar-refractivity contribution in [1.29, 1.82) is 0 Å². The van der Waals surface area contributed by atoms with Gasteiger partial charge in [-0.1, -0.05) is 6.92 Å². The molecule has 0 N–H and O–H groups in total. The van der Waals surface area contributed by atoms with Crippen LogP contribution < -0.4 is 4.74 Å². The van der Waals surface area contributed by atoms with Crippen LogP contribution in [-0.2, 0) is 11.3 Å². The summed E-state index contributed by atoms with van der Waals surface area (Å²) in [5.74, 6) is 1.25. The monoisotopic (exact) mass is 349 g/mol. The zero-order valence-electron chi connectivity index (χ0n) is 15.4. The van der Waals surface area contributed by atoms with Gasteiger partial charge < -0.3 is 9.64 Å². The quantitative estimate of drug-likeness (QED) is 0.831. The second kappa shape index (κ2) is 7.70. The molecule has 0 spiro atoms. The lowest BCUT2D eigenvalue weighted by molar-refractivity contribution is -0.130. The fraction of sp³-hybridized carbons (Fsp3) is 0.632. The first-order valence-electron chi connectivity index (χ1n) is 9.02. The minimum atomic E-state index is -0.222. The maximum Gasteiger partial charge on any atom is 0.219 e. The molecule has 6 heteroatoms. The number of likely N-dealkylation sites (tertiary alicyclic amines) is 1. The van der Waals surface area contributed by atoms with Crippen LogP contribution in [0.1, 0.15) is 19.4 Å². The fourth-order valence-electron chi connectivity index (χ4n) is 4.13. The smallest absolute Gasteiger partial charge is 0.219 e. The summed E-state index contributed by atoms with van der Waals surface area (Å²) in [6.07, 6.45) is 0. The van der Waals surface area contributed by atoms with E-state index in [2.05, 4.69) is 16.7 Å². The lowest BCUT2D eigenvalue weighted by Gasteiger charge is -2.39. The second-order valence-corrected chi connectivity index (χ2v) is 7.24. The number of methoxy groups -OCH3 is 1. The number of ether oxygens (including phenoxy) is 1. The van der Waals surface area contributed by atoms with Gasteiger partial charge in [0.2, 0.25) is 5.91 Å². The molecule has 1 aromatic carbocycles. The van der Waals surface area contributed by atoms with Crippen LogP contribution in [0.5, 0.6) is 5.75 Å². The molecule has 2 heterocycles. The van der Waals surface area contributed by atoms with Crippen LogP contribution >= 0.6 is 0 Å². The third kappa shape index (κ3) is 4.12. The zero-order chi connectivity index (χ0) is 18.0. The summed E-state index contributed by atoms with van der Waals surface area (Å²) < 4.78 is 19.0. The maximum absolute atomic E-state index is 13.6. The Morgan fingerprint density at radius 1 is 1.24 bits per heavy atom. The average molecular weight is 349 g/mol. The van der Waals surface area contributed by atoms with Crippen molar-refractivity contribution in [1.82, 2.24) is 14.7 Å². The zero-order valence-corrected chi connectivity index (χ0v) is 15.4. The summed E-state index contributed by atoms with van der Waals surface area (Å²) in [7, 11) is 1.63. The van der Waals surface area contributed by atoms with Crippen LogP contribution in [0.3, 0.4) is 0 Å². The number of hydrogen-bond acceptors (Lipinski definition) is 4. The molecule has 5 nitrogen and oxygen atoms in total. The Kier molecular flexibility index (Phi) is 5.59. The van der Waals surface area contributed by atoms with Crippen molar-refractivity contribution < 1.29 is 13.9 Å². The van der Waals surface area contributed by atoms with E-state index in [4.69, 9.17) is 4.74 Å². The summed E-state index contributed by atoms with van der Waals surface area (Å²) in [5.41, 5.74) is 0.900. The molecule has 1 aromatic rings. The second-order valence-electron chi connectivity index (χ2n) is 7.24. The lowest BCUT2D eigenvalue weighted by atomic mass is 10.0. The predicted molar refractivity (Wildman–Crippen MR) is 95.0 cm³/mol. The van der Waals surface area contributed by atoms with Gasteiger partial charge in [0, 0.05) is 64.3 Å². The molecule has 2 atom stereocenters. The van der Waals surface area contributed by atoms with Crippen LogP contribution in [0.4, 0.5) is 4.39 Å². The number of nitrogens with zero attached hydrogens (tertiary/aromatic N) is 3. The highest BCUT2D eigenvalue weighted by Gasteiger charge is 2.35. The molecule has 0 bridgehead atoms. The first kappa shape index (κ1) is 18.1. The SMILES string of the molecule is COc1ccc(F)cc1CN1C[C@@H](N2CCN(C(C)=O)CC2)[C@@H](C)C1. The molecule has 3 rings (SSSR count). The first-order chi connectivity index (χ1) is 12.0. The molecule has 0 saturated carbocycles. The van der Waals surface area contributed by atoms with Crippen molar-refractivity contribution in [2.75, 3.05) is 46.4 Å². The number of hydrogen-bond donors (Lipinski definition) is 0. The molecule has 2 aliphatic rings. The topological polar surface area (TPSA) is 36.0 Å². The molecule has 2 saturated heterocycles. The summed E-state index contributed by atoms with van der Waals surface area (Å²) in [6, 6.07) is 5.20. The number of amides is 1. The van der Waals surface area contributed by atoms with Crippen LogP contribution in [0.15, 0.2) is 18.2 Å². The number of halogens is 1. The number of piperazine rings is 1. The molecule has 0 aliphatic carbocycles. The number of carbonyl (C=O) groups excluding carboxylic acids is 1. The Morgan fingerprint density at radius 2 is 1.96 bits per heavy atom. The van der Waals surface area contributed by atoms with E-state index in [9.17, 15) is 9.18 Å². The van der Waals surface area contributed by atoms with E-state index < -0.39 is 0 Å². The highest BCUT2D eigenvalue weighted by Crippen LogP contribution is 2.27. The fourth-order valence-corrected chi connectivity index (χ4v) is 4.13. The summed E-state index contributed by atoms with van der Waals surface area (Å²) in [4.78, 5) is 18.3. The van der Waals surface area contributed by atoms with E-state index in [1.54, 1.807) is 26.2 Å². The summed E-state index contributed by atoms with van der Waals surface area (Å²) >= 11 is 0. The van der Waals surface area contributed by atoms with Gasteiger partial charge in [0.15, 0.2) is 0 Å². The Hall–Kier alpha value is -1.66. The van der Waals surface area contributed by atoms with E-state index in [1.165, 1.54) is 6.07 Å². The molecular weight excluding hydrogens is 321 g/mol. The predicted octanol–water partition coefficient (Wildman–Crippen LogP) is 1.82. The number of benzene rings is 1. The van der Waals surface area contributed by atoms with Gasteiger partial charge in [0.25, 0.3) is 0 Å². The molecule has 1 amide bonds. The van der Waals surface area contributed by atoms with E-state index in [0.717, 1.165) is 50.6 Å². The van der Waals surface area contributed by atoms with Gasteiger partial charge in [0.05, 0.1) is 7.11 Å². The standard InChI is InChI=1S/C19H28FN3O2/c1-14-11-21(12-16-10-17(20)4-5-19(16)25-3)13-18(14)23-8-6-22(7-9-23)15(2)24/h4-5,10,14,18H,6-9,11-13H2,1-3H3/t14-,18+/m0/s1. The Morgan fingerprint density at radius 3 is 2.60 bits per heavy atom. The number of rotatable bonds is 4. The van der Waals surface area contributed by atoms with E-state index in [0.29, 0.717) is 18.5 Å². The molecule has 138 valence electrons. The normalized spacial score (nSPS) is 25.4. The van der Waals surface area contributed by atoms with Crippen molar-refractivity contribution in [2.24, 2.45) is 5.92 Å². The largest absolute Gasteiger partial charge is 0.496 e. The highest BCUT2D eigenvalue weighted by atomic mass is 19.1. The maximum atomic E-state index is 13.6. The molecule has 0 unspecified atom stereocenters. The molecular formula is C19H28FN3O2. The highest BCUT2D eigenvalue weighted by molar-refractivity contribution is 5.73. The van der Waals surface area contributed by atoms with Crippen LogP contribution in [0.2, 0.25) is 0 Å². The Balaban J connectivity index is 1.60. The molecule has 2 fully saturated rings. The van der Waals surface area contributed by atoms with Gasteiger partial charge in [-0.25, -0.2) is 4.39 Å². The van der Waals surface area contributed by atoms with E-state index >= 15 is 0 Å². The van der Waals surface area contributed by atoms with E-state index in [-0.39, 0.29) is 11.7 Å².